The summed E-state index contributed by atoms with van der Waals surface area (Å²) >= 11 is 0. The third-order valence-electron chi connectivity index (χ3n) is 4.60. The molecule has 1 unspecified atom stereocenters. The van der Waals surface area contributed by atoms with Crippen LogP contribution in [0, 0.1) is 0 Å². The molecule has 0 aliphatic carbocycles. The molecule has 0 fully saturated rings. The highest BCUT2D eigenvalue weighted by molar-refractivity contribution is 7.74. The van der Waals surface area contributed by atoms with E-state index in [4.69, 9.17) is 0 Å². The van der Waals surface area contributed by atoms with Gasteiger partial charge < -0.3 is 4.90 Å². The molecule has 0 spiro atoms. The van der Waals surface area contributed by atoms with Gasteiger partial charge in [-0.3, -0.25) is 0 Å². The highest BCUT2D eigenvalue weighted by Crippen LogP contribution is 2.53. The predicted molar refractivity (Wildman–Crippen MR) is 103 cm³/mol. The van der Waals surface area contributed by atoms with Crippen LogP contribution in [-0.2, 0) is 0 Å². The molecule has 0 bridgehead atoms. The highest BCUT2D eigenvalue weighted by atomic mass is 31.1. The van der Waals surface area contributed by atoms with Crippen molar-refractivity contribution in [3.8, 4) is 0 Å². The number of likely N-dealkylation sites (N-methyl/N-ethyl adjacent to an activating group) is 1. The first-order valence-electron chi connectivity index (χ1n) is 8.51. The van der Waals surface area contributed by atoms with Gasteiger partial charge in [0, 0.05) is 12.7 Å². The van der Waals surface area contributed by atoms with Crippen molar-refractivity contribution in [2.24, 2.45) is 0 Å². The van der Waals surface area contributed by atoms with Crippen LogP contribution < -0.4 is 10.6 Å². The minimum absolute atomic E-state index is 0.499. The minimum Gasteiger partial charge on any atom is -0.364 e. The van der Waals surface area contributed by atoms with E-state index in [2.05, 4.69) is 24.3 Å². The number of rotatable bonds is 4. The fourth-order valence-electron chi connectivity index (χ4n) is 3.29. The molecule has 0 amide bonds. The van der Waals surface area contributed by atoms with Gasteiger partial charge in [-0.1, -0.05) is 66.7 Å². The molecule has 0 aromatic heterocycles. The van der Waals surface area contributed by atoms with Crippen molar-refractivity contribution >= 4 is 18.5 Å². The molecule has 26 heavy (non-hydrogen) atoms. The minimum atomic E-state index is -4.34. The summed E-state index contributed by atoms with van der Waals surface area (Å²) < 4.78 is 39.6. The second-order valence-electron chi connectivity index (χ2n) is 6.30. The molecule has 1 atom stereocenters. The lowest BCUT2D eigenvalue weighted by atomic mass is 10.1. The Kier molecular flexibility index (Phi) is 5.24. The largest absolute Gasteiger partial charge is 0.417 e. The Morgan fingerprint density at radius 2 is 1.42 bits per heavy atom. The lowest BCUT2D eigenvalue weighted by Gasteiger charge is -2.46. The number of hydrogen-bond acceptors (Lipinski definition) is 1. The van der Waals surface area contributed by atoms with E-state index in [0.29, 0.717) is 6.54 Å². The molecule has 3 rings (SSSR count). The summed E-state index contributed by atoms with van der Waals surface area (Å²) in [5.74, 6) is 0. The van der Waals surface area contributed by atoms with Gasteiger partial charge in [-0.15, -0.1) is 0 Å². The summed E-state index contributed by atoms with van der Waals surface area (Å²) in [6, 6.07) is 20.1. The topological polar surface area (TPSA) is 3.24 Å². The summed E-state index contributed by atoms with van der Waals surface area (Å²) in [5, 5.41) is 1.74. The molecule has 0 saturated heterocycles. The quantitative estimate of drug-likeness (QED) is 0.666. The molecule has 2 aromatic rings. The average molecular weight is 375 g/mol. The molecule has 0 radical (unpaired) electrons. The summed E-state index contributed by atoms with van der Waals surface area (Å²) in [6.07, 6.45) is -0.118. The molecule has 1 heterocycles. The van der Waals surface area contributed by atoms with E-state index in [-0.39, 0.29) is 0 Å². The average Bonchev–Trinajstić information content (AvgIpc) is 2.63. The van der Waals surface area contributed by atoms with Gasteiger partial charge in [0.15, 0.2) is 0 Å². The number of hydrogen-bond donors (Lipinski definition) is 0. The number of allylic oxidation sites excluding steroid dienone is 2. The van der Waals surface area contributed by atoms with Crippen molar-refractivity contribution < 1.29 is 13.2 Å². The molecule has 136 valence electrons. The van der Waals surface area contributed by atoms with Crippen LogP contribution in [0.25, 0.3) is 0 Å². The highest BCUT2D eigenvalue weighted by Gasteiger charge is 2.43. The Hall–Kier alpha value is -2.06. The number of alkyl halides is 3. The third-order valence-corrected chi connectivity index (χ3v) is 7.54. The summed E-state index contributed by atoms with van der Waals surface area (Å²) in [7, 11) is -0.924. The summed E-state index contributed by atoms with van der Waals surface area (Å²) in [6.45, 7) is 4.42. The lowest BCUT2D eigenvalue weighted by Crippen LogP contribution is -2.46. The maximum Gasteiger partial charge on any atom is 0.417 e. The fourth-order valence-corrected chi connectivity index (χ4v) is 6.26. The summed E-state index contributed by atoms with van der Waals surface area (Å²) in [5.41, 5.74) is -0.604. The van der Waals surface area contributed by atoms with Gasteiger partial charge in [0.1, 0.15) is 0 Å². The molecule has 1 aliphatic heterocycles. The van der Waals surface area contributed by atoms with E-state index in [9.17, 15) is 13.2 Å². The SMILES string of the molecule is CCN1C=C(C(F)(F)F)C=CC1(C)P(c1ccccc1)c1ccccc1. The second kappa shape index (κ2) is 7.28. The van der Waals surface area contributed by atoms with E-state index in [1.807, 2.05) is 55.1 Å². The lowest BCUT2D eigenvalue weighted by molar-refractivity contribution is -0.0899. The molecule has 2 aromatic carbocycles. The molecule has 1 aliphatic rings. The number of benzene rings is 2. The van der Waals surface area contributed by atoms with Gasteiger partial charge in [0.2, 0.25) is 0 Å². The third kappa shape index (κ3) is 3.57. The second-order valence-corrected chi connectivity index (χ2v) is 8.91. The first-order chi connectivity index (χ1) is 12.4. The van der Waals surface area contributed by atoms with Gasteiger partial charge in [-0.2, -0.15) is 13.2 Å². The van der Waals surface area contributed by atoms with Crippen molar-refractivity contribution in [2.75, 3.05) is 6.54 Å². The Balaban J connectivity index is 2.12. The standard InChI is InChI=1S/C21H21F3NP/c1-3-25-16-17(21(22,23)24)14-15-20(25,2)26(18-10-6-4-7-11-18)19-12-8-5-9-13-19/h4-16H,3H2,1-2H3. The monoisotopic (exact) mass is 375 g/mol. The fraction of sp³-hybridized carbons (Fsp3) is 0.238. The van der Waals surface area contributed by atoms with Crippen LogP contribution in [-0.4, -0.2) is 22.9 Å². The maximum absolute atomic E-state index is 13.2. The normalized spacial score (nSPS) is 20.4. The number of nitrogens with zero attached hydrogens (tertiary/aromatic N) is 1. The van der Waals surface area contributed by atoms with E-state index < -0.39 is 25.0 Å². The van der Waals surface area contributed by atoms with Crippen molar-refractivity contribution in [1.82, 2.24) is 4.90 Å². The van der Waals surface area contributed by atoms with E-state index in [1.54, 1.807) is 6.08 Å². The van der Waals surface area contributed by atoms with Crippen LogP contribution in [0.5, 0.6) is 0 Å². The van der Waals surface area contributed by atoms with Crippen LogP contribution in [0.15, 0.2) is 84.6 Å². The molecule has 0 saturated carbocycles. The Labute approximate surface area is 153 Å². The first kappa shape index (κ1) is 18.7. The molecule has 5 heteroatoms. The van der Waals surface area contributed by atoms with Gasteiger partial charge in [-0.25, -0.2) is 0 Å². The van der Waals surface area contributed by atoms with Gasteiger partial charge in [-0.05, 0) is 38.5 Å². The van der Waals surface area contributed by atoms with E-state index in [0.717, 1.165) is 10.6 Å². The van der Waals surface area contributed by atoms with Crippen LogP contribution in [0.3, 0.4) is 0 Å². The van der Waals surface area contributed by atoms with Gasteiger partial charge in [0.05, 0.1) is 10.9 Å². The van der Waals surface area contributed by atoms with Crippen LogP contribution in [0.4, 0.5) is 13.2 Å². The first-order valence-corrected chi connectivity index (χ1v) is 9.86. The van der Waals surface area contributed by atoms with Crippen LogP contribution >= 0.6 is 7.92 Å². The smallest absolute Gasteiger partial charge is 0.364 e. The Morgan fingerprint density at radius 3 is 1.85 bits per heavy atom. The molecule has 1 nitrogen and oxygen atoms in total. The van der Waals surface area contributed by atoms with Crippen molar-refractivity contribution in [2.45, 2.75) is 25.3 Å². The van der Waals surface area contributed by atoms with Gasteiger partial charge >= 0.3 is 6.18 Å². The van der Waals surface area contributed by atoms with Crippen molar-refractivity contribution in [3.63, 3.8) is 0 Å². The van der Waals surface area contributed by atoms with Crippen molar-refractivity contribution in [1.29, 1.82) is 0 Å². The Bertz CT molecular complexity index is 760. The van der Waals surface area contributed by atoms with Crippen molar-refractivity contribution in [3.05, 3.63) is 84.6 Å². The predicted octanol–water partition coefficient (Wildman–Crippen LogP) is 5.17. The van der Waals surface area contributed by atoms with Gasteiger partial charge in [0.25, 0.3) is 0 Å². The zero-order valence-corrected chi connectivity index (χ0v) is 15.6. The Morgan fingerprint density at radius 1 is 0.923 bits per heavy atom. The molecular formula is C21H21F3NP. The van der Waals surface area contributed by atoms with Crippen LogP contribution in [0.2, 0.25) is 0 Å². The molecular weight excluding hydrogens is 354 g/mol. The maximum atomic E-state index is 13.2. The zero-order chi connectivity index (χ0) is 18.8. The van der Waals surface area contributed by atoms with E-state index in [1.165, 1.54) is 12.3 Å². The summed E-state index contributed by atoms with van der Waals surface area (Å²) in [4.78, 5) is 1.82. The van der Waals surface area contributed by atoms with E-state index >= 15 is 0 Å². The number of halogens is 3. The zero-order valence-electron chi connectivity index (χ0n) is 14.7. The van der Waals surface area contributed by atoms with Crippen LogP contribution in [0.1, 0.15) is 13.8 Å². The molecule has 0 N–H and O–H groups in total.